The molecule has 1 aliphatic rings. The molecule has 0 aromatic heterocycles. The minimum atomic E-state index is -1.05. The van der Waals surface area contributed by atoms with Crippen LogP contribution in [0.15, 0.2) is 48.5 Å². The fraction of sp³-hybridized carbons (Fsp3) is 0.417. The van der Waals surface area contributed by atoms with Gasteiger partial charge in [0.25, 0.3) is 5.91 Å². The number of aryl methyl sites for hydroxylation is 1. The Morgan fingerprint density at radius 2 is 1.90 bits per heavy atom. The average Bonchev–Trinajstić information content (AvgIpc) is 2.74. The van der Waals surface area contributed by atoms with Crippen LogP contribution in [-0.4, -0.2) is 49.1 Å². The number of carbonyl (C=O) groups excluding carboxylic acids is 2. The summed E-state index contributed by atoms with van der Waals surface area (Å²) in [5, 5.41) is 2.73. The van der Waals surface area contributed by atoms with Gasteiger partial charge < -0.3 is 15.0 Å². The Balaban J connectivity index is 1.81. The topological polar surface area (TPSA) is 58.6 Å². The second-order valence-electron chi connectivity index (χ2n) is 7.73. The number of likely N-dealkylation sites (N-methyl/N-ethyl adjacent to an activating group) is 1. The number of nitrogens with one attached hydrogen (secondary N) is 1. The number of amides is 2. The Hall–Kier alpha value is -2.66. The molecule has 0 radical (unpaired) electrons. The lowest BCUT2D eigenvalue weighted by Gasteiger charge is -2.41. The second-order valence-corrected chi connectivity index (χ2v) is 7.73. The van der Waals surface area contributed by atoms with Crippen LogP contribution in [0.5, 0.6) is 0 Å². The molecule has 2 aromatic rings. The molecule has 0 unspecified atom stereocenters. The molecular formula is C24H30N2O3. The van der Waals surface area contributed by atoms with Crippen molar-refractivity contribution in [2.75, 3.05) is 26.7 Å². The van der Waals surface area contributed by atoms with Crippen LogP contribution in [-0.2, 0) is 20.7 Å². The van der Waals surface area contributed by atoms with Gasteiger partial charge in [0.1, 0.15) is 0 Å². The van der Waals surface area contributed by atoms with Crippen molar-refractivity contribution in [1.29, 1.82) is 0 Å². The highest BCUT2D eigenvalue weighted by atomic mass is 16.5. The Morgan fingerprint density at radius 3 is 2.55 bits per heavy atom. The van der Waals surface area contributed by atoms with Crippen molar-refractivity contribution < 1.29 is 14.3 Å². The minimum Gasteiger partial charge on any atom is -0.361 e. The normalized spacial score (nSPS) is 19.1. The summed E-state index contributed by atoms with van der Waals surface area (Å²) in [7, 11) is 1.61. The predicted molar refractivity (Wildman–Crippen MR) is 115 cm³/mol. The molecule has 0 spiro atoms. The zero-order valence-electron chi connectivity index (χ0n) is 17.5. The van der Waals surface area contributed by atoms with E-state index in [2.05, 4.69) is 48.6 Å². The Bertz CT molecular complexity index is 863. The van der Waals surface area contributed by atoms with Gasteiger partial charge in [-0.05, 0) is 30.0 Å². The predicted octanol–water partition coefficient (Wildman–Crippen LogP) is 3.35. The van der Waals surface area contributed by atoms with Gasteiger partial charge in [-0.15, -0.1) is 0 Å². The second kappa shape index (κ2) is 9.23. The quantitative estimate of drug-likeness (QED) is 0.817. The van der Waals surface area contributed by atoms with Gasteiger partial charge in [0.15, 0.2) is 5.60 Å². The van der Waals surface area contributed by atoms with Crippen molar-refractivity contribution in [3.63, 3.8) is 0 Å². The van der Waals surface area contributed by atoms with Crippen LogP contribution in [0.25, 0.3) is 11.1 Å². The van der Waals surface area contributed by atoms with E-state index >= 15 is 0 Å². The van der Waals surface area contributed by atoms with E-state index in [1.807, 2.05) is 19.1 Å². The third-order valence-electron chi connectivity index (χ3n) is 5.44. The van der Waals surface area contributed by atoms with Gasteiger partial charge in [-0.3, -0.25) is 9.59 Å². The smallest absolute Gasteiger partial charge is 0.254 e. The summed E-state index contributed by atoms with van der Waals surface area (Å²) >= 11 is 0. The van der Waals surface area contributed by atoms with Crippen molar-refractivity contribution in [3.05, 3.63) is 59.7 Å². The highest BCUT2D eigenvalue weighted by Gasteiger charge is 2.44. The molecule has 5 heteroatoms. The van der Waals surface area contributed by atoms with E-state index in [1.165, 1.54) is 11.1 Å². The summed E-state index contributed by atoms with van der Waals surface area (Å²) in [6, 6.07) is 16.6. The van der Waals surface area contributed by atoms with Crippen LogP contribution in [0, 0.1) is 6.92 Å². The van der Waals surface area contributed by atoms with E-state index < -0.39 is 5.60 Å². The van der Waals surface area contributed by atoms with Crippen LogP contribution in [0.1, 0.15) is 30.9 Å². The fourth-order valence-corrected chi connectivity index (χ4v) is 3.89. The molecule has 1 atom stereocenters. The Morgan fingerprint density at radius 1 is 1.14 bits per heavy atom. The van der Waals surface area contributed by atoms with Crippen molar-refractivity contribution in [1.82, 2.24) is 10.2 Å². The molecule has 0 saturated carbocycles. The SMILES string of the molecule is CCCC(=O)N1CCO[C@](Cc2ccc(-c3cccc(C)c3)cc2)(C(=O)NC)C1. The van der Waals surface area contributed by atoms with Crippen molar-refractivity contribution in [2.24, 2.45) is 0 Å². The first-order valence-electron chi connectivity index (χ1n) is 10.3. The van der Waals surface area contributed by atoms with E-state index in [-0.39, 0.29) is 18.4 Å². The van der Waals surface area contributed by atoms with Gasteiger partial charge in [0, 0.05) is 26.4 Å². The molecule has 154 valence electrons. The molecular weight excluding hydrogens is 364 g/mol. The number of hydrogen-bond donors (Lipinski definition) is 1. The average molecular weight is 395 g/mol. The molecule has 2 aromatic carbocycles. The first-order valence-corrected chi connectivity index (χ1v) is 10.3. The van der Waals surface area contributed by atoms with E-state index in [4.69, 9.17) is 4.74 Å². The third-order valence-corrected chi connectivity index (χ3v) is 5.44. The molecule has 29 heavy (non-hydrogen) atoms. The zero-order chi connectivity index (χ0) is 20.9. The lowest BCUT2D eigenvalue weighted by Crippen LogP contribution is -2.61. The largest absolute Gasteiger partial charge is 0.361 e. The van der Waals surface area contributed by atoms with Gasteiger partial charge in [-0.1, -0.05) is 61.0 Å². The number of hydrogen-bond acceptors (Lipinski definition) is 3. The fourth-order valence-electron chi connectivity index (χ4n) is 3.89. The summed E-state index contributed by atoms with van der Waals surface area (Å²) in [6.45, 7) is 5.25. The summed E-state index contributed by atoms with van der Waals surface area (Å²) in [5.41, 5.74) is 3.48. The molecule has 5 nitrogen and oxygen atoms in total. The van der Waals surface area contributed by atoms with Crippen LogP contribution in [0.2, 0.25) is 0 Å². The number of ether oxygens (including phenoxy) is 1. The molecule has 1 heterocycles. The number of carbonyl (C=O) groups is 2. The maximum atomic E-state index is 12.8. The molecule has 2 amide bonds. The van der Waals surface area contributed by atoms with Crippen molar-refractivity contribution in [2.45, 2.75) is 38.7 Å². The Labute approximate surface area is 173 Å². The van der Waals surface area contributed by atoms with Crippen molar-refractivity contribution in [3.8, 4) is 11.1 Å². The highest BCUT2D eigenvalue weighted by Crippen LogP contribution is 2.27. The van der Waals surface area contributed by atoms with Gasteiger partial charge in [0.2, 0.25) is 5.91 Å². The van der Waals surface area contributed by atoms with Gasteiger partial charge in [-0.25, -0.2) is 0 Å². The van der Waals surface area contributed by atoms with E-state index in [0.717, 1.165) is 17.5 Å². The van der Waals surface area contributed by atoms with Gasteiger partial charge >= 0.3 is 0 Å². The molecule has 1 saturated heterocycles. The summed E-state index contributed by atoms with van der Waals surface area (Å²) in [4.78, 5) is 27.0. The summed E-state index contributed by atoms with van der Waals surface area (Å²) in [6.07, 6.45) is 1.72. The van der Waals surface area contributed by atoms with Crippen molar-refractivity contribution >= 4 is 11.8 Å². The van der Waals surface area contributed by atoms with Crippen LogP contribution >= 0.6 is 0 Å². The van der Waals surface area contributed by atoms with E-state index in [1.54, 1.807) is 11.9 Å². The standard InChI is InChI=1S/C24H30N2O3/c1-4-6-22(27)26-13-14-29-24(17-26,23(28)25-3)16-19-9-11-20(12-10-19)21-8-5-7-18(2)15-21/h5,7-12,15H,4,6,13-14,16-17H2,1-3H3,(H,25,28)/t24-/m0/s1. The molecule has 0 bridgehead atoms. The molecule has 3 rings (SSSR count). The molecule has 1 N–H and O–H groups in total. The number of benzene rings is 2. The molecule has 1 fully saturated rings. The van der Waals surface area contributed by atoms with Gasteiger partial charge in [0.05, 0.1) is 13.2 Å². The zero-order valence-corrected chi connectivity index (χ0v) is 17.5. The first-order chi connectivity index (χ1) is 14.0. The third kappa shape index (κ3) is 4.85. The van der Waals surface area contributed by atoms with E-state index in [9.17, 15) is 9.59 Å². The van der Waals surface area contributed by atoms with Gasteiger partial charge in [-0.2, -0.15) is 0 Å². The monoisotopic (exact) mass is 394 g/mol. The van der Waals surface area contributed by atoms with E-state index in [0.29, 0.717) is 26.0 Å². The summed E-state index contributed by atoms with van der Waals surface area (Å²) < 4.78 is 6.01. The first kappa shape index (κ1) is 21.1. The van der Waals surface area contributed by atoms with Crippen LogP contribution < -0.4 is 5.32 Å². The number of rotatable bonds is 6. The summed E-state index contributed by atoms with van der Waals surface area (Å²) in [5.74, 6) is -0.104. The number of nitrogens with zero attached hydrogens (tertiary/aromatic N) is 1. The lowest BCUT2D eigenvalue weighted by molar-refractivity contribution is -0.165. The minimum absolute atomic E-state index is 0.0823. The highest BCUT2D eigenvalue weighted by molar-refractivity contribution is 5.87. The Kier molecular flexibility index (Phi) is 6.70. The maximum Gasteiger partial charge on any atom is 0.254 e. The van der Waals surface area contributed by atoms with Crippen LogP contribution in [0.3, 0.4) is 0 Å². The maximum absolute atomic E-state index is 12.8. The molecule has 0 aliphatic carbocycles. The number of morpholine rings is 1. The van der Waals surface area contributed by atoms with Crippen LogP contribution in [0.4, 0.5) is 0 Å². The molecule has 1 aliphatic heterocycles. The lowest BCUT2D eigenvalue weighted by atomic mass is 9.90.